The van der Waals surface area contributed by atoms with Crippen LogP contribution in [0.15, 0.2) is 170 Å². The minimum Gasteiger partial charge on any atom is -0.457 e. The van der Waals surface area contributed by atoms with Gasteiger partial charge in [-0.3, -0.25) is 0 Å². The highest BCUT2D eigenvalue weighted by Gasteiger charge is 2.44. The fourth-order valence-corrected chi connectivity index (χ4v) is 24.0. The summed E-state index contributed by atoms with van der Waals surface area (Å²) in [6, 6.07) is 59.4. The molecule has 21 rings (SSSR count). The van der Waals surface area contributed by atoms with E-state index >= 15 is 0 Å². The molecule has 16 heteroatoms. The Morgan fingerprint density at radius 2 is 0.277 bits per heavy atom. The van der Waals surface area contributed by atoms with Crippen molar-refractivity contribution in [2.45, 2.75) is 389 Å². The van der Waals surface area contributed by atoms with Crippen LogP contribution in [0.5, 0.6) is 138 Å². The molecule has 9 aliphatic rings. The molecule has 0 fully saturated rings. The summed E-state index contributed by atoms with van der Waals surface area (Å²) in [6.07, 6.45) is 40.0. The molecule has 12 aromatic carbocycles. The first-order valence-corrected chi connectivity index (χ1v) is 56.9. The molecule has 12 aromatic rings. The maximum atomic E-state index is 8.24. The standard InChI is InChI=1S/C132H152O16/c1-13-17-21-25-29-33-37-41-45-49-101-105-69-107-102(50-46-42-38-34-30-26-22-18-14-2)109-71-111-104(52-48-44-40-36-32-28-24-20-16-4)112-72-110-103(51-47-43-39-35-31-27-23-19-15-3)108-70-106(101)122-78-124(108)144-131-91-60-96-67-98(62-91)138-118-76-120(88(12)56-86(118)10)140-100-64-92-63-99(68-100)139-119-75-117(85(9)55-87(119)11)137-97-61-90-59-95(66-97)135-115-73-113(81(5)53-83(115)7)133-93-57-89(58-94(65-93)134-114-74-116(136-96)84(8)54-82(114)6)129(142-122)141-121(105)77-123(107)143-130(90)145-125(109)79-127(111)147-132(92)148-128(112)80-126(110)146-131/h53-80,101-104,129-132H,13-52H2,1-12H3. The molecule has 0 aromatic heterocycles. The van der Waals surface area contributed by atoms with Crippen LogP contribution in [0.4, 0.5) is 0 Å². The van der Waals surface area contributed by atoms with Crippen molar-refractivity contribution in [2.75, 3.05) is 0 Å². The lowest BCUT2D eigenvalue weighted by molar-refractivity contribution is -0.0123. The fourth-order valence-electron chi connectivity index (χ4n) is 24.0. The second kappa shape index (κ2) is 46.3. The Bertz CT molecular complexity index is 5680. The second-order valence-electron chi connectivity index (χ2n) is 44.0. The molecule has 776 valence electrons. The highest BCUT2D eigenvalue weighted by Crippen LogP contribution is 2.61. The fraction of sp³-hybridized carbons (Fsp3) is 0.455. The number of hydrogen-bond acceptors (Lipinski definition) is 16. The summed E-state index contributed by atoms with van der Waals surface area (Å²) in [4.78, 5) is 0. The Morgan fingerprint density at radius 1 is 0.142 bits per heavy atom. The third-order valence-corrected chi connectivity index (χ3v) is 32.2. The van der Waals surface area contributed by atoms with Crippen LogP contribution in [0.1, 0.15) is 445 Å². The van der Waals surface area contributed by atoms with E-state index in [1.54, 1.807) is 0 Å². The third-order valence-electron chi connectivity index (χ3n) is 32.2. The highest BCUT2D eigenvalue weighted by atomic mass is 16.7. The summed E-state index contributed by atoms with van der Waals surface area (Å²) in [5.74, 6) is 11.5. The summed E-state index contributed by atoms with van der Waals surface area (Å²) < 4.78 is 126. The molecular weight excluding hydrogens is 1840 g/mol. The number of hydrogen-bond donors (Lipinski definition) is 0. The normalized spacial score (nSPS) is 17.9. The average Bonchev–Trinajstić information content (AvgIpc) is 0.723. The van der Waals surface area contributed by atoms with Crippen LogP contribution in [0.2, 0.25) is 0 Å². The maximum absolute atomic E-state index is 8.24. The lowest BCUT2D eigenvalue weighted by Gasteiger charge is -2.38. The lowest BCUT2D eigenvalue weighted by atomic mass is 9.76. The molecule has 8 aliphatic heterocycles. The van der Waals surface area contributed by atoms with Gasteiger partial charge in [0, 0.05) is 163 Å². The van der Waals surface area contributed by atoms with Crippen LogP contribution in [0, 0.1) is 55.4 Å². The van der Waals surface area contributed by atoms with Gasteiger partial charge >= 0.3 is 0 Å². The first kappa shape index (κ1) is 101. The van der Waals surface area contributed by atoms with E-state index in [9.17, 15) is 0 Å². The van der Waals surface area contributed by atoms with Crippen molar-refractivity contribution in [3.63, 3.8) is 0 Å². The van der Waals surface area contributed by atoms with Gasteiger partial charge in [-0.25, -0.2) is 0 Å². The number of rotatable bonds is 40. The Hall–Kier alpha value is -12.6. The molecule has 40 bridgehead atoms. The summed E-state index contributed by atoms with van der Waals surface area (Å²) in [5.41, 5.74) is 17.6. The molecule has 0 saturated carbocycles. The molecule has 0 radical (unpaired) electrons. The summed E-state index contributed by atoms with van der Waals surface area (Å²) in [6.45, 7) is 25.8. The van der Waals surface area contributed by atoms with Crippen LogP contribution >= 0.6 is 0 Å². The van der Waals surface area contributed by atoms with E-state index in [0.717, 1.165) is 192 Å². The molecule has 0 unspecified atom stereocenters. The molecule has 148 heavy (non-hydrogen) atoms. The summed E-state index contributed by atoms with van der Waals surface area (Å²) >= 11 is 0. The van der Waals surface area contributed by atoms with Gasteiger partial charge in [-0.15, -0.1) is 0 Å². The summed E-state index contributed by atoms with van der Waals surface area (Å²) in [7, 11) is 0. The number of fused-ring (bicyclic) bond motifs is 16. The molecule has 1 aliphatic carbocycles. The Labute approximate surface area is 878 Å². The Morgan fingerprint density at radius 3 is 0.426 bits per heavy atom. The maximum Gasteiger partial charge on any atom is 0.267 e. The predicted octanol–water partition coefficient (Wildman–Crippen LogP) is 40.2. The smallest absolute Gasteiger partial charge is 0.267 e. The van der Waals surface area contributed by atoms with E-state index in [0.29, 0.717) is 160 Å². The molecule has 0 saturated heterocycles. The molecule has 0 atom stereocenters. The SMILES string of the molecule is CCCCCCCCCCCC1c2cc3c4cc2OC2Oc5cc6c(cc51)C(CCCCCCCCCCC)c1cc5c7cc1OC(O6)c1cc6cc(c1)Oc1cc(c(C)cc1C)Oc1cc8cc(c1)C(Oc1cc(c(cc1C5CCCCCCCCCCC)C3CCCCCCCCCCC)OC(O4)c1cc(cc(c1)Oc1cc(c(C)cc1C)O8)Oc1cc(c(C)cc1C)Oc1cc(cc2c1)Oc1cc(c(C)cc1C)O6)O7. The largest absolute Gasteiger partial charge is 0.457 e. The number of aryl methyl sites for hydroxylation is 8. The molecule has 0 amide bonds. The Balaban J connectivity index is 0.913. The van der Waals surface area contributed by atoms with Crippen LogP contribution < -0.4 is 75.8 Å². The third kappa shape index (κ3) is 22.9. The van der Waals surface area contributed by atoms with Gasteiger partial charge in [0.05, 0.1) is 0 Å². The first-order chi connectivity index (χ1) is 72.3. The van der Waals surface area contributed by atoms with Crippen molar-refractivity contribution in [3.8, 4) is 138 Å². The average molecular weight is 1990 g/mol. The summed E-state index contributed by atoms with van der Waals surface area (Å²) in [5, 5.41) is 0. The number of benzene rings is 12. The zero-order valence-electron chi connectivity index (χ0n) is 89.6. The van der Waals surface area contributed by atoms with E-state index in [4.69, 9.17) is 75.8 Å². The quantitative estimate of drug-likeness (QED) is 0.0335. The first-order valence-electron chi connectivity index (χ1n) is 56.9. The van der Waals surface area contributed by atoms with Crippen LogP contribution in [-0.4, -0.2) is 0 Å². The zero-order chi connectivity index (χ0) is 101. The van der Waals surface area contributed by atoms with Crippen LogP contribution in [-0.2, 0) is 0 Å². The minimum absolute atomic E-state index is 0.343. The van der Waals surface area contributed by atoms with Gasteiger partial charge in [0.25, 0.3) is 25.2 Å². The van der Waals surface area contributed by atoms with E-state index < -0.39 is 25.2 Å². The van der Waals surface area contributed by atoms with Crippen molar-refractivity contribution in [2.24, 2.45) is 0 Å². The topological polar surface area (TPSA) is 148 Å². The molecule has 8 heterocycles. The van der Waals surface area contributed by atoms with Gasteiger partial charge in [0.2, 0.25) is 0 Å². The highest BCUT2D eigenvalue weighted by molar-refractivity contribution is 5.68. The van der Waals surface area contributed by atoms with E-state index in [-0.39, 0.29) is 23.7 Å². The van der Waals surface area contributed by atoms with Gasteiger partial charge in [-0.05, 0) is 223 Å². The monoisotopic (exact) mass is 1990 g/mol. The van der Waals surface area contributed by atoms with Crippen LogP contribution in [0.3, 0.4) is 0 Å². The van der Waals surface area contributed by atoms with Gasteiger partial charge in [-0.1, -0.05) is 259 Å². The van der Waals surface area contributed by atoms with Crippen molar-refractivity contribution in [3.05, 3.63) is 281 Å². The predicted molar refractivity (Wildman–Crippen MR) is 587 cm³/mol. The van der Waals surface area contributed by atoms with Crippen molar-refractivity contribution >= 4 is 0 Å². The molecular formula is C132H152O16. The van der Waals surface area contributed by atoms with Crippen molar-refractivity contribution in [1.29, 1.82) is 0 Å². The van der Waals surface area contributed by atoms with Crippen molar-refractivity contribution in [1.82, 2.24) is 0 Å². The van der Waals surface area contributed by atoms with Crippen molar-refractivity contribution < 1.29 is 75.8 Å². The minimum atomic E-state index is -1.22. The van der Waals surface area contributed by atoms with Gasteiger partial charge in [-0.2, -0.15) is 0 Å². The van der Waals surface area contributed by atoms with E-state index in [1.807, 2.05) is 97.1 Å². The molecule has 0 N–H and O–H groups in total. The molecule has 0 spiro atoms. The number of unbranched alkanes of at least 4 members (excludes halogenated alkanes) is 32. The second-order valence-corrected chi connectivity index (χ2v) is 44.0. The van der Waals surface area contributed by atoms with E-state index in [1.165, 1.54) is 154 Å². The van der Waals surface area contributed by atoms with Gasteiger partial charge in [0.1, 0.15) is 138 Å². The zero-order valence-corrected chi connectivity index (χ0v) is 89.6. The van der Waals surface area contributed by atoms with E-state index in [2.05, 4.69) is 156 Å². The Kier molecular flexibility index (Phi) is 31.7. The van der Waals surface area contributed by atoms with Crippen LogP contribution in [0.25, 0.3) is 0 Å². The lowest BCUT2D eigenvalue weighted by Crippen LogP contribution is -2.26. The molecule has 16 nitrogen and oxygen atoms in total. The number of ether oxygens (including phenoxy) is 16. The van der Waals surface area contributed by atoms with Gasteiger partial charge < -0.3 is 75.8 Å². The van der Waals surface area contributed by atoms with Gasteiger partial charge in [0.15, 0.2) is 0 Å².